The molecule has 0 atom stereocenters. The van der Waals surface area contributed by atoms with Gasteiger partial charge in [0.15, 0.2) is 17.5 Å². The fraction of sp³-hybridized carbons (Fsp3) is 0.270. The number of aromatic nitrogens is 3. The van der Waals surface area contributed by atoms with E-state index in [0.717, 1.165) is 40.3 Å². The lowest BCUT2D eigenvalue weighted by Gasteiger charge is -2.57. The van der Waals surface area contributed by atoms with E-state index in [2.05, 4.69) is 84.9 Å². The van der Waals surface area contributed by atoms with E-state index in [4.69, 9.17) is 15.0 Å². The van der Waals surface area contributed by atoms with E-state index in [0.29, 0.717) is 17.1 Å². The number of nitrogens with zero attached hydrogens (tertiary/aromatic N) is 3. The minimum absolute atomic E-state index is 0.396. The van der Waals surface area contributed by atoms with Crippen LogP contribution in [0.1, 0.15) is 44.1 Å². The van der Waals surface area contributed by atoms with Crippen molar-refractivity contribution in [1.29, 1.82) is 0 Å². The summed E-state index contributed by atoms with van der Waals surface area (Å²) < 4.78 is 0. The Balaban J connectivity index is 1.16. The molecule has 4 aliphatic carbocycles. The molecule has 0 radical (unpaired) electrons. The highest BCUT2D eigenvalue weighted by Gasteiger charge is 2.51. The Labute approximate surface area is 236 Å². The molecule has 0 N–H and O–H groups in total. The van der Waals surface area contributed by atoms with Crippen LogP contribution in [-0.4, -0.2) is 15.0 Å². The third-order valence-electron chi connectivity index (χ3n) is 9.71. The standard InChI is InChI=1S/C37H33N3/c1-3-7-28(8-4-1)29-11-13-31(14-12-29)35-38-34(30-9-5-2-6-10-30)39-36(40-35)32-15-17-33(18-16-32)37-22-25-19-26(23-37)21-27(20-25)24-37/h1-18,25-27H,19-24H2. The van der Waals surface area contributed by atoms with Crippen LogP contribution in [-0.2, 0) is 5.41 Å². The zero-order valence-electron chi connectivity index (χ0n) is 22.7. The van der Waals surface area contributed by atoms with E-state index >= 15 is 0 Å². The summed E-state index contributed by atoms with van der Waals surface area (Å²) in [5.74, 6) is 4.97. The molecule has 0 aliphatic heterocycles. The first kappa shape index (κ1) is 23.7. The number of rotatable bonds is 5. The largest absolute Gasteiger partial charge is 0.208 e. The van der Waals surface area contributed by atoms with Crippen LogP contribution in [0.25, 0.3) is 45.3 Å². The Hall–Kier alpha value is -4.11. The number of hydrogen-bond acceptors (Lipinski definition) is 3. The maximum absolute atomic E-state index is 5.00. The summed E-state index contributed by atoms with van der Waals surface area (Å²) in [6.45, 7) is 0. The number of benzene rings is 4. The lowest BCUT2D eigenvalue weighted by Crippen LogP contribution is -2.48. The van der Waals surface area contributed by atoms with Crippen LogP contribution in [0.5, 0.6) is 0 Å². The van der Waals surface area contributed by atoms with Crippen molar-refractivity contribution in [2.75, 3.05) is 0 Å². The van der Waals surface area contributed by atoms with Gasteiger partial charge in [0, 0.05) is 16.7 Å². The molecular formula is C37H33N3. The van der Waals surface area contributed by atoms with Gasteiger partial charge in [0.2, 0.25) is 0 Å². The van der Waals surface area contributed by atoms with E-state index in [9.17, 15) is 0 Å². The van der Waals surface area contributed by atoms with Crippen LogP contribution in [0, 0.1) is 17.8 Å². The van der Waals surface area contributed by atoms with E-state index in [1.54, 1.807) is 0 Å². The minimum Gasteiger partial charge on any atom is -0.208 e. The van der Waals surface area contributed by atoms with Crippen molar-refractivity contribution in [3.8, 4) is 45.3 Å². The zero-order valence-corrected chi connectivity index (χ0v) is 22.7. The van der Waals surface area contributed by atoms with Crippen LogP contribution in [0.4, 0.5) is 0 Å². The molecule has 4 aromatic carbocycles. The van der Waals surface area contributed by atoms with E-state index in [1.807, 2.05) is 24.3 Å². The highest BCUT2D eigenvalue weighted by Crippen LogP contribution is 2.60. The summed E-state index contributed by atoms with van der Waals surface area (Å²) in [7, 11) is 0. The zero-order chi connectivity index (χ0) is 26.5. The van der Waals surface area contributed by atoms with Gasteiger partial charge >= 0.3 is 0 Å². The second kappa shape index (κ2) is 9.52. The Morgan fingerprint density at radius 2 is 0.750 bits per heavy atom. The molecule has 1 heterocycles. The average Bonchev–Trinajstić information content (AvgIpc) is 3.01. The molecule has 4 fully saturated rings. The van der Waals surface area contributed by atoms with Crippen molar-refractivity contribution in [3.63, 3.8) is 0 Å². The van der Waals surface area contributed by atoms with Gasteiger partial charge in [-0.1, -0.05) is 109 Å². The van der Waals surface area contributed by atoms with Crippen molar-refractivity contribution < 1.29 is 0 Å². The Kier molecular flexibility index (Phi) is 5.65. The summed E-state index contributed by atoms with van der Waals surface area (Å²) in [6.07, 6.45) is 8.56. The Morgan fingerprint density at radius 1 is 0.400 bits per heavy atom. The average molecular weight is 520 g/mol. The van der Waals surface area contributed by atoms with Crippen LogP contribution in [0.2, 0.25) is 0 Å². The highest BCUT2D eigenvalue weighted by molar-refractivity contribution is 5.70. The molecule has 4 bridgehead atoms. The first-order valence-electron chi connectivity index (χ1n) is 14.8. The van der Waals surface area contributed by atoms with Crippen LogP contribution in [0.15, 0.2) is 109 Å². The second-order valence-electron chi connectivity index (χ2n) is 12.4. The maximum Gasteiger partial charge on any atom is 0.164 e. The summed E-state index contributed by atoms with van der Waals surface area (Å²) in [5, 5.41) is 0. The molecule has 0 saturated heterocycles. The molecule has 40 heavy (non-hydrogen) atoms. The molecule has 4 aliphatic rings. The topological polar surface area (TPSA) is 38.7 Å². The predicted octanol–water partition coefficient (Wildman–Crippen LogP) is 9.01. The van der Waals surface area contributed by atoms with E-state index in [-0.39, 0.29) is 0 Å². The summed E-state index contributed by atoms with van der Waals surface area (Å²) >= 11 is 0. The molecular weight excluding hydrogens is 486 g/mol. The Morgan fingerprint density at radius 3 is 1.23 bits per heavy atom. The second-order valence-corrected chi connectivity index (χ2v) is 12.4. The third kappa shape index (κ3) is 4.25. The molecule has 3 nitrogen and oxygen atoms in total. The smallest absolute Gasteiger partial charge is 0.164 e. The summed E-state index contributed by atoms with van der Waals surface area (Å²) in [6, 6.07) is 38.5. The van der Waals surface area contributed by atoms with Gasteiger partial charge in [-0.15, -0.1) is 0 Å². The molecule has 0 amide bonds. The van der Waals surface area contributed by atoms with Crippen molar-refractivity contribution in [3.05, 3.63) is 115 Å². The van der Waals surface area contributed by atoms with Crippen molar-refractivity contribution in [1.82, 2.24) is 15.0 Å². The highest BCUT2D eigenvalue weighted by atomic mass is 15.0. The first-order valence-corrected chi connectivity index (χ1v) is 14.8. The van der Waals surface area contributed by atoms with Crippen LogP contribution in [0.3, 0.4) is 0 Å². The van der Waals surface area contributed by atoms with Crippen molar-refractivity contribution >= 4 is 0 Å². The van der Waals surface area contributed by atoms with Gasteiger partial charge in [0.05, 0.1) is 0 Å². The lowest BCUT2D eigenvalue weighted by molar-refractivity contribution is -0.00518. The summed E-state index contributed by atoms with van der Waals surface area (Å²) in [4.78, 5) is 14.9. The normalized spacial score (nSPS) is 24.8. The van der Waals surface area contributed by atoms with Gasteiger partial charge in [0.1, 0.15) is 0 Å². The first-order chi connectivity index (χ1) is 19.7. The molecule has 3 heteroatoms. The molecule has 1 aromatic heterocycles. The molecule has 0 unspecified atom stereocenters. The Bertz CT molecular complexity index is 1610. The van der Waals surface area contributed by atoms with Gasteiger partial charge in [-0.2, -0.15) is 0 Å². The van der Waals surface area contributed by atoms with Gasteiger partial charge in [0.25, 0.3) is 0 Å². The van der Waals surface area contributed by atoms with Gasteiger partial charge < -0.3 is 0 Å². The van der Waals surface area contributed by atoms with Gasteiger partial charge in [-0.05, 0) is 78.4 Å². The maximum atomic E-state index is 5.00. The SMILES string of the molecule is c1ccc(-c2ccc(-c3nc(-c4ccccc4)nc(-c4ccc(C56CC7CC(CC(C7)C5)C6)cc4)n3)cc2)cc1. The number of hydrogen-bond donors (Lipinski definition) is 0. The lowest BCUT2D eigenvalue weighted by atomic mass is 9.48. The minimum atomic E-state index is 0.396. The summed E-state index contributed by atoms with van der Waals surface area (Å²) in [5.41, 5.74) is 7.35. The monoisotopic (exact) mass is 519 g/mol. The van der Waals surface area contributed by atoms with Gasteiger partial charge in [-0.25, -0.2) is 15.0 Å². The third-order valence-corrected chi connectivity index (χ3v) is 9.71. The molecule has 4 saturated carbocycles. The van der Waals surface area contributed by atoms with Crippen molar-refractivity contribution in [2.45, 2.75) is 43.9 Å². The van der Waals surface area contributed by atoms with E-state index in [1.165, 1.54) is 55.2 Å². The fourth-order valence-electron chi connectivity index (χ4n) is 8.23. The quantitative estimate of drug-likeness (QED) is 0.232. The molecule has 5 aromatic rings. The van der Waals surface area contributed by atoms with Gasteiger partial charge in [-0.3, -0.25) is 0 Å². The fourth-order valence-corrected chi connectivity index (χ4v) is 8.23. The predicted molar refractivity (Wildman–Crippen MR) is 161 cm³/mol. The van der Waals surface area contributed by atoms with Crippen LogP contribution >= 0.6 is 0 Å². The molecule has 0 spiro atoms. The molecule has 196 valence electrons. The van der Waals surface area contributed by atoms with Crippen molar-refractivity contribution in [2.24, 2.45) is 17.8 Å². The molecule has 9 rings (SSSR count). The van der Waals surface area contributed by atoms with E-state index < -0.39 is 0 Å². The van der Waals surface area contributed by atoms with Crippen LogP contribution < -0.4 is 0 Å².